The van der Waals surface area contributed by atoms with Crippen molar-refractivity contribution in [1.82, 2.24) is 15.2 Å². The third kappa shape index (κ3) is 3.32. The molecule has 0 aliphatic carbocycles. The van der Waals surface area contributed by atoms with E-state index in [1.54, 1.807) is 12.4 Å². The van der Waals surface area contributed by atoms with Gasteiger partial charge in [0.15, 0.2) is 0 Å². The fourth-order valence-electron chi connectivity index (χ4n) is 2.95. The van der Waals surface area contributed by atoms with Crippen molar-refractivity contribution in [3.05, 3.63) is 95.4 Å². The summed E-state index contributed by atoms with van der Waals surface area (Å²) in [6.07, 6.45) is 4.40. The molecule has 2 aromatic heterocycles. The average Bonchev–Trinajstić information content (AvgIpc) is 3.07. The maximum Gasteiger partial charge on any atom is 0.100 e. The number of hydrogen-bond donors (Lipinski definition) is 1. The van der Waals surface area contributed by atoms with Gasteiger partial charge in [-0.3, -0.25) is 10.1 Å². The molecule has 4 aromatic rings. The van der Waals surface area contributed by atoms with Crippen molar-refractivity contribution in [2.45, 2.75) is 6.42 Å². The van der Waals surface area contributed by atoms with E-state index in [1.165, 1.54) is 5.56 Å². The maximum atomic E-state index is 6.03. The first-order valence-corrected chi connectivity index (χ1v) is 8.46. The van der Waals surface area contributed by atoms with Gasteiger partial charge in [0.2, 0.25) is 0 Å². The molecule has 0 aliphatic heterocycles. The molecule has 2 aromatic carbocycles. The Morgan fingerprint density at radius 3 is 2.24 bits per heavy atom. The van der Waals surface area contributed by atoms with Crippen molar-refractivity contribution in [2.24, 2.45) is 0 Å². The van der Waals surface area contributed by atoms with E-state index in [4.69, 9.17) is 11.6 Å². The van der Waals surface area contributed by atoms with E-state index in [0.717, 1.165) is 34.5 Å². The van der Waals surface area contributed by atoms with Crippen molar-refractivity contribution in [3.63, 3.8) is 0 Å². The highest BCUT2D eigenvalue weighted by atomic mass is 35.5. The van der Waals surface area contributed by atoms with Crippen LogP contribution in [0.1, 0.15) is 11.3 Å². The standard InChI is InChI=1S/C21H16ClN3/c22-18-8-6-17(7-9-18)21-20(16-10-12-23-13-11-16)19(24-25-21)14-15-4-2-1-3-5-15/h1-13H,14H2,(H,24,25). The SMILES string of the molecule is Clc1ccc(-c2n[nH]c(Cc3ccccc3)c2-c2ccncc2)cc1. The normalized spacial score (nSPS) is 10.8. The smallest absolute Gasteiger partial charge is 0.100 e. The summed E-state index contributed by atoms with van der Waals surface area (Å²) in [4.78, 5) is 4.13. The number of nitrogens with zero attached hydrogens (tertiary/aromatic N) is 2. The first kappa shape index (κ1) is 15.6. The molecule has 2 heterocycles. The van der Waals surface area contributed by atoms with Crippen LogP contribution in [-0.4, -0.2) is 15.2 Å². The maximum absolute atomic E-state index is 6.03. The number of aromatic amines is 1. The molecule has 0 atom stereocenters. The van der Waals surface area contributed by atoms with Crippen molar-refractivity contribution in [2.75, 3.05) is 0 Å². The minimum Gasteiger partial charge on any atom is -0.281 e. The summed E-state index contributed by atoms with van der Waals surface area (Å²) in [5, 5.41) is 8.55. The Bertz CT molecular complexity index is 961. The van der Waals surface area contributed by atoms with Gasteiger partial charge in [0.1, 0.15) is 5.69 Å². The molecular formula is C21H16ClN3. The second kappa shape index (κ2) is 6.91. The molecule has 0 bridgehead atoms. The molecule has 4 rings (SSSR count). The van der Waals surface area contributed by atoms with Crippen LogP contribution in [-0.2, 0) is 6.42 Å². The van der Waals surface area contributed by atoms with Gasteiger partial charge in [-0.2, -0.15) is 5.10 Å². The van der Waals surface area contributed by atoms with Crippen LogP contribution in [0.4, 0.5) is 0 Å². The van der Waals surface area contributed by atoms with Gasteiger partial charge in [-0.15, -0.1) is 0 Å². The van der Waals surface area contributed by atoms with Crippen molar-refractivity contribution in [1.29, 1.82) is 0 Å². The topological polar surface area (TPSA) is 41.6 Å². The summed E-state index contributed by atoms with van der Waals surface area (Å²) in [6.45, 7) is 0. The van der Waals surface area contributed by atoms with Crippen molar-refractivity contribution < 1.29 is 0 Å². The second-order valence-electron chi connectivity index (χ2n) is 5.83. The van der Waals surface area contributed by atoms with Crippen molar-refractivity contribution >= 4 is 11.6 Å². The lowest BCUT2D eigenvalue weighted by molar-refractivity contribution is 0.999. The van der Waals surface area contributed by atoms with Gasteiger partial charge >= 0.3 is 0 Å². The molecular weight excluding hydrogens is 330 g/mol. The van der Waals surface area contributed by atoms with Crippen LogP contribution >= 0.6 is 11.6 Å². The summed E-state index contributed by atoms with van der Waals surface area (Å²) >= 11 is 6.03. The summed E-state index contributed by atoms with van der Waals surface area (Å²) in [7, 11) is 0. The van der Waals surface area contributed by atoms with Crippen LogP contribution in [0.5, 0.6) is 0 Å². The van der Waals surface area contributed by atoms with E-state index in [2.05, 4.69) is 39.4 Å². The molecule has 0 amide bonds. The zero-order valence-corrected chi connectivity index (χ0v) is 14.2. The van der Waals surface area contributed by atoms with Crippen LogP contribution in [0, 0.1) is 0 Å². The monoisotopic (exact) mass is 345 g/mol. The highest BCUT2D eigenvalue weighted by Crippen LogP contribution is 2.34. The van der Waals surface area contributed by atoms with E-state index in [-0.39, 0.29) is 0 Å². The quantitative estimate of drug-likeness (QED) is 0.539. The second-order valence-corrected chi connectivity index (χ2v) is 6.27. The van der Waals surface area contributed by atoms with Crippen LogP contribution in [0.15, 0.2) is 79.1 Å². The van der Waals surface area contributed by atoms with Crippen LogP contribution in [0.25, 0.3) is 22.4 Å². The third-order valence-electron chi connectivity index (χ3n) is 4.15. The van der Waals surface area contributed by atoms with E-state index >= 15 is 0 Å². The number of benzene rings is 2. The van der Waals surface area contributed by atoms with Crippen LogP contribution in [0.2, 0.25) is 5.02 Å². The summed E-state index contributed by atoms with van der Waals surface area (Å²) in [5.74, 6) is 0. The fraction of sp³-hybridized carbons (Fsp3) is 0.0476. The number of halogens is 1. The lowest BCUT2D eigenvalue weighted by atomic mass is 9.97. The average molecular weight is 346 g/mol. The van der Waals surface area contributed by atoms with Gasteiger partial charge in [0, 0.05) is 40.7 Å². The Hall–Kier alpha value is -2.91. The van der Waals surface area contributed by atoms with Gasteiger partial charge in [0.25, 0.3) is 0 Å². The molecule has 3 nitrogen and oxygen atoms in total. The Morgan fingerprint density at radius 2 is 1.52 bits per heavy atom. The summed E-state index contributed by atoms with van der Waals surface area (Å²) in [6, 6.07) is 22.2. The zero-order chi connectivity index (χ0) is 17.1. The van der Waals surface area contributed by atoms with E-state index in [0.29, 0.717) is 5.02 Å². The zero-order valence-electron chi connectivity index (χ0n) is 13.5. The molecule has 122 valence electrons. The number of H-pyrrole nitrogens is 1. The Morgan fingerprint density at radius 1 is 0.800 bits per heavy atom. The minimum absolute atomic E-state index is 0.717. The molecule has 0 saturated heterocycles. The number of pyridine rings is 1. The molecule has 4 heteroatoms. The largest absolute Gasteiger partial charge is 0.281 e. The van der Waals surface area contributed by atoms with E-state index in [9.17, 15) is 0 Å². The van der Waals surface area contributed by atoms with Crippen LogP contribution < -0.4 is 0 Å². The molecule has 0 spiro atoms. The van der Waals surface area contributed by atoms with Gasteiger partial charge in [-0.05, 0) is 35.4 Å². The van der Waals surface area contributed by atoms with Gasteiger partial charge in [-0.25, -0.2) is 0 Å². The molecule has 0 radical (unpaired) electrons. The van der Waals surface area contributed by atoms with Gasteiger partial charge in [-0.1, -0.05) is 54.1 Å². The predicted octanol–water partition coefficient (Wildman–Crippen LogP) is 5.38. The minimum atomic E-state index is 0.717. The molecule has 0 aliphatic rings. The predicted molar refractivity (Wildman–Crippen MR) is 102 cm³/mol. The van der Waals surface area contributed by atoms with E-state index < -0.39 is 0 Å². The molecule has 0 fully saturated rings. The number of rotatable bonds is 4. The molecule has 0 saturated carbocycles. The summed E-state index contributed by atoms with van der Waals surface area (Å²) in [5.41, 5.74) is 6.49. The first-order chi connectivity index (χ1) is 12.3. The highest BCUT2D eigenvalue weighted by Gasteiger charge is 2.17. The van der Waals surface area contributed by atoms with Gasteiger partial charge in [0.05, 0.1) is 0 Å². The Labute approximate surface area is 151 Å². The molecule has 0 unspecified atom stereocenters. The lowest BCUT2D eigenvalue weighted by Crippen LogP contribution is -1.92. The third-order valence-corrected chi connectivity index (χ3v) is 4.40. The fourth-order valence-corrected chi connectivity index (χ4v) is 3.08. The van der Waals surface area contributed by atoms with Crippen LogP contribution in [0.3, 0.4) is 0 Å². The lowest BCUT2D eigenvalue weighted by Gasteiger charge is -2.07. The summed E-state index contributed by atoms with van der Waals surface area (Å²) < 4.78 is 0. The van der Waals surface area contributed by atoms with Gasteiger partial charge < -0.3 is 0 Å². The number of nitrogens with one attached hydrogen (secondary N) is 1. The number of aromatic nitrogens is 3. The number of hydrogen-bond acceptors (Lipinski definition) is 2. The Kier molecular flexibility index (Phi) is 4.32. The Balaban J connectivity index is 1.83. The molecule has 25 heavy (non-hydrogen) atoms. The molecule has 1 N–H and O–H groups in total. The first-order valence-electron chi connectivity index (χ1n) is 8.09. The highest BCUT2D eigenvalue weighted by molar-refractivity contribution is 6.30. The van der Waals surface area contributed by atoms with Crippen molar-refractivity contribution in [3.8, 4) is 22.4 Å². The van der Waals surface area contributed by atoms with E-state index in [1.807, 2.05) is 42.5 Å².